The molecule has 1 aromatic heterocycles. The Morgan fingerprint density at radius 1 is 1.50 bits per heavy atom. The van der Waals surface area contributed by atoms with Crippen LogP contribution in [0.15, 0.2) is 10.4 Å². The first kappa shape index (κ1) is 15.0. The van der Waals surface area contributed by atoms with Gasteiger partial charge in [0.05, 0.1) is 10.7 Å². The van der Waals surface area contributed by atoms with Crippen molar-refractivity contribution in [3.8, 4) is 0 Å². The van der Waals surface area contributed by atoms with E-state index in [4.69, 9.17) is 5.73 Å². The number of aromatic nitrogens is 1. The van der Waals surface area contributed by atoms with E-state index in [2.05, 4.69) is 41.4 Å². The molecule has 0 atom stereocenters. The molecule has 1 aromatic rings. The summed E-state index contributed by atoms with van der Waals surface area (Å²) >= 11 is 1.72. The smallest absolute Gasteiger partial charge is 0.188 e. The molecule has 0 aliphatic heterocycles. The van der Waals surface area contributed by atoms with E-state index in [1.54, 1.807) is 11.3 Å². The highest BCUT2D eigenvalue weighted by atomic mass is 32.1. The first-order valence-corrected chi connectivity index (χ1v) is 7.18. The van der Waals surface area contributed by atoms with E-state index < -0.39 is 0 Å². The molecule has 0 aliphatic carbocycles. The van der Waals surface area contributed by atoms with Crippen molar-refractivity contribution < 1.29 is 0 Å². The van der Waals surface area contributed by atoms with Gasteiger partial charge in [-0.3, -0.25) is 4.99 Å². The van der Waals surface area contributed by atoms with Crippen LogP contribution < -0.4 is 11.1 Å². The normalized spacial score (nSPS) is 13.1. The van der Waals surface area contributed by atoms with Crippen molar-refractivity contribution in [3.63, 3.8) is 0 Å². The van der Waals surface area contributed by atoms with E-state index in [9.17, 15) is 0 Å². The van der Waals surface area contributed by atoms with Crippen molar-refractivity contribution in [2.45, 2.75) is 52.5 Å². The third-order valence-electron chi connectivity index (χ3n) is 2.28. The lowest BCUT2D eigenvalue weighted by Gasteiger charge is -2.13. The number of nitrogens with zero attached hydrogens (tertiary/aromatic N) is 2. The van der Waals surface area contributed by atoms with Crippen molar-refractivity contribution in [2.75, 3.05) is 6.54 Å². The number of rotatable bonds is 4. The summed E-state index contributed by atoms with van der Waals surface area (Å²) in [5.41, 5.74) is 6.97. The number of guanidine groups is 1. The second kappa shape index (κ2) is 6.18. The average Bonchev–Trinajstić information content (AvgIpc) is 2.64. The van der Waals surface area contributed by atoms with E-state index in [1.807, 2.05) is 13.8 Å². The van der Waals surface area contributed by atoms with Crippen molar-refractivity contribution in [1.29, 1.82) is 0 Å². The summed E-state index contributed by atoms with van der Waals surface area (Å²) in [6, 6.07) is 0.320. The van der Waals surface area contributed by atoms with Crippen LogP contribution in [0.25, 0.3) is 0 Å². The summed E-state index contributed by atoms with van der Waals surface area (Å²) in [5.74, 6) is 0.510. The van der Waals surface area contributed by atoms with Gasteiger partial charge in [0.2, 0.25) is 0 Å². The molecule has 3 N–H and O–H groups in total. The van der Waals surface area contributed by atoms with Crippen LogP contribution in [0.2, 0.25) is 0 Å². The molecule has 0 aromatic carbocycles. The maximum absolute atomic E-state index is 5.73. The largest absolute Gasteiger partial charge is 0.370 e. The monoisotopic (exact) mass is 268 g/mol. The molecular weight excluding hydrogens is 244 g/mol. The molecule has 0 spiro atoms. The Morgan fingerprint density at radius 3 is 2.67 bits per heavy atom. The van der Waals surface area contributed by atoms with Gasteiger partial charge >= 0.3 is 0 Å². The Labute approximate surface area is 114 Å². The zero-order valence-electron chi connectivity index (χ0n) is 11.9. The van der Waals surface area contributed by atoms with Gasteiger partial charge in [-0.15, -0.1) is 11.3 Å². The highest BCUT2D eigenvalue weighted by Crippen LogP contribution is 2.25. The number of aliphatic imine (C=N–C) groups is 1. The maximum Gasteiger partial charge on any atom is 0.188 e. The Hall–Kier alpha value is -1.10. The van der Waals surface area contributed by atoms with Gasteiger partial charge in [-0.25, -0.2) is 4.98 Å². The summed E-state index contributed by atoms with van der Waals surface area (Å²) in [5, 5.41) is 6.36. The predicted octanol–water partition coefficient (Wildman–Crippen LogP) is 2.30. The number of nitrogens with one attached hydrogen (secondary N) is 1. The van der Waals surface area contributed by atoms with Crippen molar-refractivity contribution in [3.05, 3.63) is 16.1 Å². The summed E-state index contributed by atoms with van der Waals surface area (Å²) < 4.78 is 0. The average molecular weight is 268 g/mol. The van der Waals surface area contributed by atoms with Crippen LogP contribution in [0.1, 0.15) is 45.3 Å². The zero-order valence-corrected chi connectivity index (χ0v) is 12.8. The minimum atomic E-state index is 0.129. The van der Waals surface area contributed by atoms with Crippen LogP contribution in [0, 0.1) is 0 Å². The Bertz CT molecular complexity index is 401. The number of hydrogen-bond donors (Lipinski definition) is 2. The van der Waals surface area contributed by atoms with E-state index >= 15 is 0 Å². The molecule has 0 bridgehead atoms. The topological polar surface area (TPSA) is 63.3 Å². The summed E-state index contributed by atoms with van der Waals surface area (Å²) in [4.78, 5) is 8.91. The standard InChI is InChI=1S/C13H24N4S/c1-9(2)16-12(14)15-7-6-10-8-18-11(17-10)13(3,4)5/h8-9H,6-7H2,1-5H3,(H3,14,15,16). The van der Waals surface area contributed by atoms with Crippen LogP contribution >= 0.6 is 11.3 Å². The molecule has 0 aliphatic rings. The number of thiazole rings is 1. The number of nitrogens with two attached hydrogens (primary N) is 1. The van der Waals surface area contributed by atoms with E-state index in [0.717, 1.165) is 12.1 Å². The van der Waals surface area contributed by atoms with Gasteiger partial charge in [0.1, 0.15) is 0 Å². The molecule has 0 saturated carbocycles. The van der Waals surface area contributed by atoms with Gasteiger partial charge in [-0.2, -0.15) is 0 Å². The zero-order chi connectivity index (χ0) is 13.8. The van der Waals surface area contributed by atoms with E-state index in [0.29, 0.717) is 18.5 Å². The van der Waals surface area contributed by atoms with Crippen molar-refractivity contribution in [2.24, 2.45) is 10.7 Å². The molecule has 5 heteroatoms. The second-order valence-corrected chi connectivity index (χ2v) is 6.57. The lowest BCUT2D eigenvalue weighted by molar-refractivity contribution is 0.583. The summed E-state index contributed by atoms with van der Waals surface area (Å²) in [6.45, 7) is 11.3. The minimum absolute atomic E-state index is 0.129. The molecule has 0 radical (unpaired) electrons. The van der Waals surface area contributed by atoms with Gasteiger partial charge in [-0.1, -0.05) is 20.8 Å². The quantitative estimate of drug-likeness (QED) is 0.650. The minimum Gasteiger partial charge on any atom is -0.370 e. The fourth-order valence-corrected chi connectivity index (χ4v) is 2.34. The van der Waals surface area contributed by atoms with Gasteiger partial charge < -0.3 is 11.1 Å². The SMILES string of the molecule is CC(C)NC(N)=NCCc1csc(C(C)(C)C)n1. The molecule has 0 unspecified atom stereocenters. The van der Waals surface area contributed by atoms with Crippen LogP contribution in [0.5, 0.6) is 0 Å². The van der Waals surface area contributed by atoms with E-state index in [1.165, 1.54) is 5.01 Å². The lowest BCUT2D eigenvalue weighted by atomic mass is 9.98. The molecule has 0 amide bonds. The van der Waals surface area contributed by atoms with Crippen molar-refractivity contribution in [1.82, 2.24) is 10.3 Å². The fourth-order valence-electron chi connectivity index (χ4n) is 1.40. The Kier molecular flexibility index (Phi) is 5.14. The number of hydrogen-bond acceptors (Lipinski definition) is 3. The van der Waals surface area contributed by atoms with Crippen LogP contribution in [0.3, 0.4) is 0 Å². The second-order valence-electron chi connectivity index (χ2n) is 5.71. The maximum atomic E-state index is 5.73. The molecule has 18 heavy (non-hydrogen) atoms. The summed E-state index contributed by atoms with van der Waals surface area (Å²) in [6.07, 6.45) is 0.840. The van der Waals surface area contributed by atoms with Gasteiger partial charge in [-0.05, 0) is 13.8 Å². The highest BCUT2D eigenvalue weighted by molar-refractivity contribution is 7.09. The summed E-state index contributed by atoms with van der Waals surface area (Å²) in [7, 11) is 0. The predicted molar refractivity (Wildman–Crippen MR) is 79.3 cm³/mol. The highest BCUT2D eigenvalue weighted by Gasteiger charge is 2.17. The van der Waals surface area contributed by atoms with E-state index in [-0.39, 0.29) is 5.41 Å². The van der Waals surface area contributed by atoms with Gasteiger partial charge in [0.15, 0.2) is 5.96 Å². The third-order valence-corrected chi connectivity index (χ3v) is 3.60. The fraction of sp³-hybridized carbons (Fsp3) is 0.692. The first-order chi connectivity index (χ1) is 8.29. The Balaban J connectivity index is 2.47. The third kappa shape index (κ3) is 5.04. The molecule has 4 nitrogen and oxygen atoms in total. The molecule has 1 heterocycles. The molecular formula is C13H24N4S. The molecule has 0 saturated heterocycles. The lowest BCUT2D eigenvalue weighted by Crippen LogP contribution is -2.36. The van der Waals surface area contributed by atoms with Crippen molar-refractivity contribution >= 4 is 17.3 Å². The van der Waals surface area contributed by atoms with Gasteiger partial charge in [0.25, 0.3) is 0 Å². The molecule has 102 valence electrons. The van der Waals surface area contributed by atoms with Crippen LogP contribution in [0.4, 0.5) is 0 Å². The molecule has 0 fully saturated rings. The van der Waals surface area contributed by atoms with Crippen LogP contribution in [-0.2, 0) is 11.8 Å². The Morgan fingerprint density at radius 2 is 2.17 bits per heavy atom. The van der Waals surface area contributed by atoms with Crippen LogP contribution in [-0.4, -0.2) is 23.5 Å². The molecule has 1 rings (SSSR count). The first-order valence-electron chi connectivity index (χ1n) is 6.30. The van der Waals surface area contributed by atoms with Gasteiger partial charge in [0, 0.05) is 29.8 Å².